The lowest BCUT2D eigenvalue weighted by Gasteiger charge is -2.05. The number of non-ortho nitro benzene ring substituents is 1. The van der Waals surface area contributed by atoms with Gasteiger partial charge in [0, 0.05) is 24.2 Å². The molecule has 116 valence electrons. The monoisotopic (exact) mass is 302 g/mol. The summed E-state index contributed by atoms with van der Waals surface area (Å²) >= 11 is 0. The number of nitro benzene ring substituents is 1. The van der Waals surface area contributed by atoms with E-state index in [1.165, 1.54) is 13.2 Å². The lowest BCUT2D eigenvalue weighted by Crippen LogP contribution is -2.04. The van der Waals surface area contributed by atoms with Crippen molar-refractivity contribution >= 4 is 22.6 Å². The number of ether oxygens (including phenoxy) is 1. The number of hydrogen-bond acceptors (Lipinski definition) is 4. The number of methoxy groups -OCH3 is 1. The van der Waals surface area contributed by atoms with Crippen LogP contribution in [-0.2, 0) is 17.7 Å². The first-order valence-corrected chi connectivity index (χ1v) is 7.02. The molecule has 0 saturated carbocycles. The molecule has 6 nitrogen and oxygen atoms in total. The van der Waals surface area contributed by atoms with E-state index in [-0.39, 0.29) is 11.3 Å². The molecule has 0 aliphatic rings. The van der Waals surface area contributed by atoms with Crippen molar-refractivity contribution in [2.24, 2.45) is 0 Å². The van der Waals surface area contributed by atoms with Gasteiger partial charge in [-0.1, -0.05) is 19.4 Å². The minimum absolute atomic E-state index is 0.0953. The molecule has 22 heavy (non-hydrogen) atoms. The fourth-order valence-electron chi connectivity index (χ4n) is 2.61. The van der Waals surface area contributed by atoms with Gasteiger partial charge in [0.1, 0.15) is 5.52 Å². The highest BCUT2D eigenvalue weighted by Crippen LogP contribution is 2.32. The summed E-state index contributed by atoms with van der Waals surface area (Å²) < 4.78 is 6.49. The Balaban J connectivity index is 2.82. The summed E-state index contributed by atoms with van der Waals surface area (Å²) in [5.74, 6) is -0.580. The molecule has 1 aromatic carbocycles. The van der Waals surface area contributed by atoms with Gasteiger partial charge in [0.25, 0.3) is 5.69 Å². The zero-order valence-electron chi connectivity index (χ0n) is 12.7. The molecule has 0 saturated heterocycles. The highest BCUT2D eigenvalue weighted by molar-refractivity contribution is 6.00. The van der Waals surface area contributed by atoms with Crippen molar-refractivity contribution in [1.82, 2.24) is 4.57 Å². The number of benzene rings is 1. The molecule has 1 heterocycles. The number of allylic oxidation sites excluding steroid dienone is 1. The van der Waals surface area contributed by atoms with Crippen molar-refractivity contribution in [2.45, 2.75) is 26.3 Å². The second-order valence-electron chi connectivity index (χ2n) is 4.99. The second kappa shape index (κ2) is 6.43. The molecule has 0 aliphatic heterocycles. The van der Waals surface area contributed by atoms with E-state index in [1.807, 2.05) is 13.1 Å². The molecule has 0 atom stereocenters. The second-order valence-corrected chi connectivity index (χ2v) is 4.99. The minimum atomic E-state index is -0.580. The van der Waals surface area contributed by atoms with Gasteiger partial charge in [0.15, 0.2) is 0 Å². The van der Waals surface area contributed by atoms with E-state index in [9.17, 15) is 14.9 Å². The quantitative estimate of drug-likeness (QED) is 0.354. The van der Waals surface area contributed by atoms with Crippen LogP contribution in [0.3, 0.4) is 0 Å². The van der Waals surface area contributed by atoms with Crippen LogP contribution in [0.1, 0.15) is 29.3 Å². The number of nitrogens with zero attached hydrogens (tertiary/aromatic N) is 2. The Labute approximate surface area is 128 Å². The number of nitro groups is 1. The molecule has 1 aromatic heterocycles. The summed E-state index contributed by atoms with van der Waals surface area (Å²) in [7, 11) is 1.26. The maximum absolute atomic E-state index is 11.8. The molecule has 6 heteroatoms. The van der Waals surface area contributed by atoms with E-state index >= 15 is 0 Å². The first-order chi connectivity index (χ1) is 10.5. The summed E-state index contributed by atoms with van der Waals surface area (Å²) in [6.45, 7) is 6.19. The van der Waals surface area contributed by atoms with Gasteiger partial charge >= 0.3 is 5.97 Å². The molecule has 0 bridgehead atoms. The first-order valence-electron chi connectivity index (χ1n) is 7.02. The minimum Gasteiger partial charge on any atom is -0.465 e. The molecule has 2 aromatic rings. The third-order valence-corrected chi connectivity index (χ3v) is 3.50. The van der Waals surface area contributed by atoms with E-state index in [0.717, 1.165) is 23.8 Å². The molecule has 0 radical (unpaired) electrons. The van der Waals surface area contributed by atoms with E-state index in [0.29, 0.717) is 12.1 Å². The van der Waals surface area contributed by atoms with Crippen molar-refractivity contribution in [2.75, 3.05) is 7.11 Å². The van der Waals surface area contributed by atoms with Crippen LogP contribution < -0.4 is 0 Å². The topological polar surface area (TPSA) is 74.4 Å². The predicted molar refractivity (Wildman–Crippen MR) is 84.1 cm³/mol. The van der Waals surface area contributed by atoms with Crippen LogP contribution in [0.15, 0.2) is 31.0 Å². The molecule has 0 amide bonds. The molecule has 0 aliphatic carbocycles. The lowest BCUT2D eigenvalue weighted by atomic mass is 10.0. The maximum atomic E-state index is 11.8. The molecule has 2 rings (SSSR count). The van der Waals surface area contributed by atoms with Gasteiger partial charge < -0.3 is 9.30 Å². The largest absolute Gasteiger partial charge is 0.465 e. The summed E-state index contributed by atoms with van der Waals surface area (Å²) in [5, 5.41) is 12.1. The first kappa shape index (κ1) is 15.8. The summed E-state index contributed by atoms with van der Waals surface area (Å²) in [5.41, 5.74) is 1.59. The highest BCUT2D eigenvalue weighted by atomic mass is 16.6. The van der Waals surface area contributed by atoms with Crippen LogP contribution in [0.2, 0.25) is 0 Å². The Bertz CT molecular complexity index is 746. The van der Waals surface area contributed by atoms with Gasteiger partial charge in [0.2, 0.25) is 0 Å². The summed E-state index contributed by atoms with van der Waals surface area (Å²) in [6, 6.07) is 2.93. The third-order valence-electron chi connectivity index (χ3n) is 3.50. The normalized spacial score (nSPS) is 10.6. The van der Waals surface area contributed by atoms with Gasteiger partial charge in [-0.2, -0.15) is 0 Å². The number of rotatable bonds is 6. The SMILES string of the molecule is C=CCn1cc(CCC)c2cc(C(=O)OC)cc([N+](=O)[O-])c21. The van der Waals surface area contributed by atoms with Gasteiger partial charge in [-0.15, -0.1) is 6.58 Å². The number of esters is 1. The van der Waals surface area contributed by atoms with Crippen molar-refractivity contribution in [3.8, 4) is 0 Å². The van der Waals surface area contributed by atoms with Gasteiger partial charge in [-0.25, -0.2) is 4.79 Å². The number of aromatic nitrogens is 1. The lowest BCUT2D eigenvalue weighted by molar-refractivity contribution is -0.383. The van der Waals surface area contributed by atoms with Gasteiger partial charge in [0.05, 0.1) is 17.6 Å². The van der Waals surface area contributed by atoms with Crippen LogP contribution in [0.5, 0.6) is 0 Å². The van der Waals surface area contributed by atoms with Crippen molar-refractivity contribution in [1.29, 1.82) is 0 Å². The Morgan fingerprint density at radius 3 is 2.77 bits per heavy atom. The number of hydrogen-bond donors (Lipinski definition) is 0. The van der Waals surface area contributed by atoms with E-state index in [2.05, 4.69) is 11.3 Å². The Hall–Kier alpha value is -2.63. The molecule has 0 fully saturated rings. The molecular weight excluding hydrogens is 284 g/mol. The van der Waals surface area contributed by atoms with Crippen LogP contribution >= 0.6 is 0 Å². The van der Waals surface area contributed by atoms with Crippen molar-refractivity contribution in [3.05, 3.63) is 52.2 Å². The van der Waals surface area contributed by atoms with Crippen LogP contribution in [-0.4, -0.2) is 22.6 Å². The standard InChI is InChI=1S/C16H18N2O4/c1-4-6-11-10-17(7-5-2)15-13(11)8-12(16(19)22-3)9-14(15)18(20)21/h5,8-10H,2,4,6-7H2,1,3H3. The van der Waals surface area contributed by atoms with Crippen LogP contribution in [0, 0.1) is 10.1 Å². The fourth-order valence-corrected chi connectivity index (χ4v) is 2.61. The maximum Gasteiger partial charge on any atom is 0.338 e. The van der Waals surface area contributed by atoms with E-state index in [1.54, 1.807) is 16.7 Å². The molecule has 0 spiro atoms. The van der Waals surface area contributed by atoms with E-state index < -0.39 is 10.9 Å². The average Bonchev–Trinajstić information content (AvgIpc) is 2.84. The van der Waals surface area contributed by atoms with Crippen LogP contribution in [0.25, 0.3) is 10.9 Å². The Kier molecular flexibility index (Phi) is 4.60. The molecular formula is C16H18N2O4. The summed E-state index contributed by atoms with van der Waals surface area (Å²) in [6.07, 6.45) is 5.27. The van der Waals surface area contributed by atoms with Crippen molar-refractivity contribution < 1.29 is 14.5 Å². The highest BCUT2D eigenvalue weighted by Gasteiger charge is 2.22. The van der Waals surface area contributed by atoms with Crippen molar-refractivity contribution in [3.63, 3.8) is 0 Å². The number of carbonyl (C=O) groups excluding carboxylic acids is 1. The smallest absolute Gasteiger partial charge is 0.338 e. The fraction of sp³-hybridized carbons (Fsp3) is 0.312. The molecule has 0 unspecified atom stereocenters. The summed E-state index contributed by atoms with van der Waals surface area (Å²) in [4.78, 5) is 22.7. The predicted octanol–water partition coefficient (Wildman–Crippen LogP) is 3.47. The zero-order chi connectivity index (χ0) is 16.3. The van der Waals surface area contributed by atoms with E-state index in [4.69, 9.17) is 0 Å². The molecule has 0 N–H and O–H groups in total. The average molecular weight is 302 g/mol. The van der Waals surface area contributed by atoms with Gasteiger partial charge in [-0.3, -0.25) is 10.1 Å². The van der Waals surface area contributed by atoms with Gasteiger partial charge in [-0.05, 0) is 18.1 Å². The Morgan fingerprint density at radius 2 is 2.23 bits per heavy atom. The third kappa shape index (κ3) is 2.72. The number of carbonyl (C=O) groups is 1. The zero-order valence-corrected chi connectivity index (χ0v) is 12.7. The number of aryl methyl sites for hydroxylation is 1. The Morgan fingerprint density at radius 1 is 1.50 bits per heavy atom. The number of fused-ring (bicyclic) bond motifs is 1. The van der Waals surface area contributed by atoms with Crippen LogP contribution in [0.4, 0.5) is 5.69 Å².